The highest BCUT2D eigenvalue weighted by Gasteiger charge is 2.61. The van der Waals surface area contributed by atoms with Crippen LogP contribution in [0.15, 0.2) is 17.7 Å². The lowest BCUT2D eigenvalue weighted by atomic mass is 9.40. The Labute approximate surface area is 187 Å². The average Bonchev–Trinajstić information content (AvgIpc) is 2.73. The van der Waals surface area contributed by atoms with E-state index < -0.39 is 0 Å². The van der Waals surface area contributed by atoms with E-state index in [0.717, 1.165) is 31.2 Å². The molecule has 6 atom stereocenters. The summed E-state index contributed by atoms with van der Waals surface area (Å²) in [6, 6.07) is 1.85. The smallest absolute Gasteiger partial charge is 0.160 e. The second-order valence-corrected chi connectivity index (χ2v) is 12.5. The number of aromatic hydroxyl groups is 2. The molecular formula is C28H40O3. The largest absolute Gasteiger partial charge is 0.504 e. The standard InChI is InChI=1S/C28H40O3/c1-17-18-6-7-23-27(4,20(18)14-22(30)24(17)31)9-8-19-21-15-25(2,16-29)10-11-26(21,3)12-13-28(19,23)5/h7,14,19,21,29-31H,6,8-13,15-16H2,1-5H3/t19?,21?,25-,26?,27?,28?/m1/s1. The second-order valence-electron chi connectivity index (χ2n) is 12.5. The van der Waals surface area contributed by atoms with Crippen molar-refractivity contribution >= 4 is 0 Å². The van der Waals surface area contributed by atoms with Crippen LogP contribution in [0.1, 0.15) is 89.3 Å². The molecular weight excluding hydrogens is 384 g/mol. The molecule has 3 heteroatoms. The highest BCUT2D eigenvalue weighted by Crippen LogP contribution is 2.69. The van der Waals surface area contributed by atoms with Crippen LogP contribution in [0.25, 0.3) is 0 Å². The molecule has 1 aromatic rings. The summed E-state index contributed by atoms with van der Waals surface area (Å²) in [5.41, 5.74) is 5.41. The third-order valence-electron chi connectivity index (χ3n) is 10.7. The number of aliphatic hydroxyl groups is 1. The van der Waals surface area contributed by atoms with Crippen molar-refractivity contribution in [3.8, 4) is 11.5 Å². The molecule has 0 radical (unpaired) electrons. The van der Waals surface area contributed by atoms with Crippen molar-refractivity contribution in [1.82, 2.24) is 0 Å². The Bertz CT molecular complexity index is 963. The Kier molecular flexibility index (Phi) is 4.50. The monoisotopic (exact) mass is 424 g/mol. The Hall–Kier alpha value is -1.48. The van der Waals surface area contributed by atoms with Gasteiger partial charge in [-0.3, -0.25) is 0 Å². The summed E-state index contributed by atoms with van der Waals surface area (Å²) in [6.45, 7) is 12.0. The van der Waals surface area contributed by atoms with Gasteiger partial charge in [0.1, 0.15) is 0 Å². The Balaban J connectivity index is 1.58. The molecule has 0 saturated heterocycles. The van der Waals surface area contributed by atoms with Crippen molar-refractivity contribution in [2.24, 2.45) is 28.1 Å². The quantitative estimate of drug-likeness (QED) is 0.374. The highest BCUT2D eigenvalue weighted by atomic mass is 16.3. The normalized spacial score (nSPS) is 43.9. The maximum atomic E-state index is 10.4. The lowest BCUT2D eigenvalue weighted by molar-refractivity contribution is -0.109. The SMILES string of the molecule is Cc1c(O)c(O)cc2c1CC=C1C2(C)CCC2C3C[C@](C)(CO)CCC3(C)CCC12C. The van der Waals surface area contributed by atoms with Crippen LogP contribution in [0.2, 0.25) is 0 Å². The topological polar surface area (TPSA) is 60.7 Å². The average molecular weight is 425 g/mol. The van der Waals surface area contributed by atoms with Crippen LogP contribution in [0.5, 0.6) is 11.5 Å². The van der Waals surface area contributed by atoms with Crippen molar-refractivity contribution in [3.63, 3.8) is 0 Å². The van der Waals surface area contributed by atoms with Gasteiger partial charge >= 0.3 is 0 Å². The highest BCUT2D eigenvalue weighted by molar-refractivity contribution is 5.60. The third kappa shape index (κ3) is 2.74. The van der Waals surface area contributed by atoms with Gasteiger partial charge < -0.3 is 15.3 Å². The Morgan fingerprint density at radius 2 is 1.68 bits per heavy atom. The zero-order valence-electron chi connectivity index (χ0n) is 20.0. The van der Waals surface area contributed by atoms with E-state index in [1.165, 1.54) is 36.8 Å². The van der Waals surface area contributed by atoms with E-state index in [-0.39, 0.29) is 27.7 Å². The zero-order valence-corrected chi connectivity index (χ0v) is 20.0. The minimum absolute atomic E-state index is 0.0215. The lowest BCUT2D eigenvalue weighted by Gasteiger charge is -2.65. The first-order chi connectivity index (χ1) is 14.5. The number of benzene rings is 1. The third-order valence-corrected chi connectivity index (χ3v) is 10.7. The molecule has 5 unspecified atom stereocenters. The van der Waals surface area contributed by atoms with Gasteiger partial charge in [-0.2, -0.15) is 0 Å². The molecule has 31 heavy (non-hydrogen) atoms. The fourth-order valence-corrected chi connectivity index (χ4v) is 8.50. The summed E-state index contributed by atoms with van der Waals surface area (Å²) < 4.78 is 0. The first kappa shape index (κ1) is 21.4. The summed E-state index contributed by atoms with van der Waals surface area (Å²) in [5.74, 6) is 1.38. The second kappa shape index (κ2) is 6.53. The minimum atomic E-state index is -0.0720. The minimum Gasteiger partial charge on any atom is -0.504 e. The van der Waals surface area contributed by atoms with E-state index in [4.69, 9.17) is 0 Å². The Morgan fingerprint density at radius 1 is 0.968 bits per heavy atom. The maximum Gasteiger partial charge on any atom is 0.160 e. The molecule has 1 aromatic carbocycles. The number of hydrogen-bond donors (Lipinski definition) is 3. The van der Waals surface area contributed by atoms with Crippen LogP contribution in [0.4, 0.5) is 0 Å². The molecule has 0 amide bonds. The van der Waals surface area contributed by atoms with E-state index in [0.29, 0.717) is 23.9 Å². The van der Waals surface area contributed by atoms with Gasteiger partial charge in [0.15, 0.2) is 11.5 Å². The number of fused-ring (bicyclic) bond motifs is 7. The van der Waals surface area contributed by atoms with Gasteiger partial charge in [-0.25, -0.2) is 0 Å². The van der Waals surface area contributed by atoms with E-state index in [2.05, 4.69) is 33.8 Å². The summed E-state index contributed by atoms with van der Waals surface area (Å²) in [7, 11) is 0. The maximum absolute atomic E-state index is 10.4. The number of rotatable bonds is 1. The number of phenols is 2. The van der Waals surface area contributed by atoms with E-state index in [1.54, 1.807) is 5.57 Å². The molecule has 3 saturated carbocycles. The molecule has 0 aromatic heterocycles. The zero-order chi connectivity index (χ0) is 22.4. The molecule has 170 valence electrons. The van der Waals surface area contributed by atoms with Gasteiger partial charge in [-0.15, -0.1) is 0 Å². The van der Waals surface area contributed by atoms with Gasteiger partial charge in [-0.1, -0.05) is 39.3 Å². The summed E-state index contributed by atoms with van der Waals surface area (Å²) >= 11 is 0. The van der Waals surface area contributed by atoms with Gasteiger partial charge in [0.2, 0.25) is 0 Å². The molecule has 4 aliphatic rings. The van der Waals surface area contributed by atoms with E-state index in [9.17, 15) is 15.3 Å². The van der Waals surface area contributed by atoms with Crippen molar-refractivity contribution in [2.75, 3.05) is 6.61 Å². The fraction of sp³-hybridized carbons (Fsp3) is 0.714. The van der Waals surface area contributed by atoms with Crippen LogP contribution in [-0.2, 0) is 11.8 Å². The van der Waals surface area contributed by atoms with Crippen LogP contribution >= 0.6 is 0 Å². The fourth-order valence-electron chi connectivity index (χ4n) is 8.50. The van der Waals surface area contributed by atoms with Crippen LogP contribution < -0.4 is 0 Å². The molecule has 3 nitrogen and oxygen atoms in total. The van der Waals surface area contributed by atoms with E-state index >= 15 is 0 Å². The van der Waals surface area contributed by atoms with Crippen molar-refractivity contribution in [2.45, 2.75) is 91.4 Å². The van der Waals surface area contributed by atoms with Crippen molar-refractivity contribution < 1.29 is 15.3 Å². The summed E-state index contributed by atoms with van der Waals surface area (Å²) in [5, 5.41) is 30.9. The van der Waals surface area contributed by atoms with E-state index in [1.807, 2.05) is 13.0 Å². The Morgan fingerprint density at radius 3 is 2.39 bits per heavy atom. The molecule has 0 spiro atoms. The number of hydrogen-bond acceptors (Lipinski definition) is 3. The van der Waals surface area contributed by atoms with Crippen LogP contribution in [-0.4, -0.2) is 21.9 Å². The molecule has 0 bridgehead atoms. The predicted octanol–water partition coefficient (Wildman–Crippen LogP) is 6.16. The van der Waals surface area contributed by atoms with Gasteiger partial charge in [0.05, 0.1) is 0 Å². The number of aliphatic hydroxyl groups excluding tert-OH is 1. The van der Waals surface area contributed by atoms with Crippen LogP contribution in [0, 0.1) is 35.0 Å². The summed E-state index contributed by atoms with van der Waals surface area (Å²) in [4.78, 5) is 0. The molecule has 0 aliphatic heterocycles. The van der Waals surface area contributed by atoms with Gasteiger partial charge in [0, 0.05) is 12.0 Å². The van der Waals surface area contributed by atoms with Crippen molar-refractivity contribution in [1.29, 1.82) is 0 Å². The van der Waals surface area contributed by atoms with Crippen molar-refractivity contribution in [3.05, 3.63) is 34.4 Å². The first-order valence-corrected chi connectivity index (χ1v) is 12.3. The predicted molar refractivity (Wildman–Crippen MR) is 124 cm³/mol. The molecule has 3 N–H and O–H groups in total. The molecule has 0 heterocycles. The number of allylic oxidation sites excluding steroid dienone is 2. The lowest BCUT2D eigenvalue weighted by Crippen LogP contribution is -2.57. The first-order valence-electron chi connectivity index (χ1n) is 12.3. The van der Waals surface area contributed by atoms with Crippen LogP contribution in [0.3, 0.4) is 0 Å². The number of phenolic OH excluding ortho intramolecular Hbond substituents is 2. The van der Waals surface area contributed by atoms with Gasteiger partial charge in [0.25, 0.3) is 0 Å². The summed E-state index contributed by atoms with van der Waals surface area (Å²) in [6.07, 6.45) is 11.7. The molecule has 3 fully saturated rings. The molecule has 5 rings (SSSR count). The van der Waals surface area contributed by atoms with Gasteiger partial charge in [-0.05, 0) is 109 Å². The molecule has 4 aliphatic carbocycles.